The standard InChI is InChI=1S/C15H21N3O2/c1-11(7-13-3-2-5-20-13)18-10-17-8-14(18)15(16)12-4-6-19-9-12/h2-3,5,8,10-12,15H,4,6-7,9,16H2,1H3. The summed E-state index contributed by atoms with van der Waals surface area (Å²) in [5.41, 5.74) is 7.48. The van der Waals surface area contributed by atoms with E-state index in [9.17, 15) is 0 Å². The van der Waals surface area contributed by atoms with Gasteiger partial charge in [-0.1, -0.05) is 0 Å². The van der Waals surface area contributed by atoms with E-state index in [0.29, 0.717) is 5.92 Å². The second-order valence-corrected chi connectivity index (χ2v) is 5.51. The highest BCUT2D eigenvalue weighted by atomic mass is 16.5. The molecule has 3 unspecified atom stereocenters. The Bertz CT molecular complexity index is 529. The van der Waals surface area contributed by atoms with Gasteiger partial charge in [0.05, 0.1) is 30.9 Å². The Morgan fingerprint density at radius 1 is 1.55 bits per heavy atom. The molecule has 5 heteroatoms. The highest BCUT2D eigenvalue weighted by Crippen LogP contribution is 2.28. The molecule has 3 heterocycles. The van der Waals surface area contributed by atoms with Crippen molar-refractivity contribution < 1.29 is 9.15 Å². The van der Waals surface area contributed by atoms with Gasteiger partial charge in [-0.05, 0) is 25.5 Å². The molecule has 5 nitrogen and oxygen atoms in total. The lowest BCUT2D eigenvalue weighted by Crippen LogP contribution is -2.25. The lowest BCUT2D eigenvalue weighted by Gasteiger charge is -2.22. The first-order chi connectivity index (χ1) is 9.75. The van der Waals surface area contributed by atoms with Crippen LogP contribution in [0.4, 0.5) is 0 Å². The highest BCUT2D eigenvalue weighted by Gasteiger charge is 2.27. The second kappa shape index (κ2) is 5.81. The Morgan fingerprint density at radius 2 is 2.45 bits per heavy atom. The second-order valence-electron chi connectivity index (χ2n) is 5.51. The van der Waals surface area contributed by atoms with Crippen molar-refractivity contribution >= 4 is 0 Å². The molecule has 2 aromatic rings. The van der Waals surface area contributed by atoms with Crippen LogP contribution >= 0.6 is 0 Å². The summed E-state index contributed by atoms with van der Waals surface area (Å²) in [6.45, 7) is 3.72. The van der Waals surface area contributed by atoms with E-state index < -0.39 is 0 Å². The molecule has 3 atom stereocenters. The maximum absolute atomic E-state index is 6.39. The summed E-state index contributed by atoms with van der Waals surface area (Å²) in [7, 11) is 0. The summed E-state index contributed by atoms with van der Waals surface area (Å²) in [6, 6.07) is 4.17. The molecular formula is C15H21N3O2. The van der Waals surface area contributed by atoms with E-state index in [1.165, 1.54) is 0 Å². The zero-order valence-electron chi connectivity index (χ0n) is 11.7. The number of ether oxygens (including phenoxy) is 1. The Balaban J connectivity index is 1.75. The van der Waals surface area contributed by atoms with E-state index in [4.69, 9.17) is 14.9 Å². The van der Waals surface area contributed by atoms with Crippen LogP contribution in [0, 0.1) is 5.92 Å². The van der Waals surface area contributed by atoms with Gasteiger partial charge in [-0.3, -0.25) is 0 Å². The van der Waals surface area contributed by atoms with Crippen molar-refractivity contribution in [3.8, 4) is 0 Å². The molecule has 2 N–H and O–H groups in total. The predicted octanol–water partition coefficient (Wildman–Crippen LogP) is 2.32. The zero-order chi connectivity index (χ0) is 13.9. The number of hydrogen-bond acceptors (Lipinski definition) is 4. The number of hydrogen-bond donors (Lipinski definition) is 1. The molecule has 0 amide bonds. The van der Waals surface area contributed by atoms with Gasteiger partial charge in [-0.15, -0.1) is 0 Å². The average Bonchev–Trinajstić information content (AvgIpc) is 3.19. The number of furan rings is 1. The zero-order valence-corrected chi connectivity index (χ0v) is 11.7. The third-order valence-electron chi connectivity index (χ3n) is 4.06. The third-order valence-corrected chi connectivity index (χ3v) is 4.06. The number of aromatic nitrogens is 2. The van der Waals surface area contributed by atoms with Gasteiger partial charge in [0.1, 0.15) is 5.76 Å². The van der Waals surface area contributed by atoms with Gasteiger partial charge in [-0.25, -0.2) is 4.98 Å². The van der Waals surface area contributed by atoms with Crippen molar-refractivity contribution in [2.45, 2.75) is 31.8 Å². The van der Waals surface area contributed by atoms with E-state index in [2.05, 4.69) is 16.5 Å². The summed E-state index contributed by atoms with van der Waals surface area (Å²) in [5, 5.41) is 0. The van der Waals surface area contributed by atoms with Gasteiger partial charge >= 0.3 is 0 Å². The molecule has 2 aromatic heterocycles. The smallest absolute Gasteiger partial charge is 0.105 e. The Labute approximate surface area is 118 Å². The molecule has 0 aliphatic carbocycles. The van der Waals surface area contributed by atoms with Crippen LogP contribution in [-0.2, 0) is 11.2 Å². The molecule has 1 saturated heterocycles. The van der Waals surface area contributed by atoms with Crippen LogP contribution in [-0.4, -0.2) is 22.8 Å². The summed E-state index contributed by atoms with van der Waals surface area (Å²) >= 11 is 0. The Hall–Kier alpha value is -1.59. The quantitative estimate of drug-likeness (QED) is 0.909. The molecule has 0 spiro atoms. The lowest BCUT2D eigenvalue weighted by atomic mass is 9.97. The lowest BCUT2D eigenvalue weighted by molar-refractivity contribution is 0.180. The van der Waals surface area contributed by atoms with Crippen molar-refractivity contribution in [2.75, 3.05) is 13.2 Å². The molecule has 1 aliphatic heterocycles. The molecule has 108 valence electrons. The summed E-state index contributed by atoms with van der Waals surface area (Å²) < 4.78 is 13.0. The van der Waals surface area contributed by atoms with Crippen molar-refractivity contribution in [1.29, 1.82) is 0 Å². The maximum atomic E-state index is 6.39. The number of nitrogens with two attached hydrogens (primary N) is 1. The van der Waals surface area contributed by atoms with Gasteiger partial charge in [0.15, 0.2) is 0 Å². The minimum atomic E-state index is -0.0148. The van der Waals surface area contributed by atoms with Crippen LogP contribution in [0.5, 0.6) is 0 Å². The first-order valence-corrected chi connectivity index (χ1v) is 7.13. The van der Waals surface area contributed by atoms with E-state index in [1.807, 2.05) is 24.7 Å². The van der Waals surface area contributed by atoms with Gasteiger partial charge in [0.2, 0.25) is 0 Å². The normalized spacial score (nSPS) is 22.0. The first kappa shape index (κ1) is 13.4. The van der Waals surface area contributed by atoms with Crippen molar-refractivity contribution in [3.63, 3.8) is 0 Å². The van der Waals surface area contributed by atoms with Crippen LogP contribution in [0.15, 0.2) is 35.3 Å². The average molecular weight is 275 g/mol. The summed E-state index contributed by atoms with van der Waals surface area (Å²) in [5.74, 6) is 1.37. The Morgan fingerprint density at radius 3 is 3.15 bits per heavy atom. The molecule has 0 radical (unpaired) electrons. The molecule has 0 saturated carbocycles. The summed E-state index contributed by atoms with van der Waals surface area (Å²) in [6.07, 6.45) is 7.31. The molecular weight excluding hydrogens is 254 g/mol. The fourth-order valence-corrected chi connectivity index (χ4v) is 2.84. The van der Waals surface area contributed by atoms with Gasteiger partial charge in [0.25, 0.3) is 0 Å². The van der Waals surface area contributed by atoms with Crippen LogP contribution < -0.4 is 5.73 Å². The van der Waals surface area contributed by atoms with Crippen molar-refractivity contribution in [2.24, 2.45) is 11.7 Å². The fourth-order valence-electron chi connectivity index (χ4n) is 2.84. The fraction of sp³-hybridized carbons (Fsp3) is 0.533. The van der Waals surface area contributed by atoms with E-state index in [1.54, 1.807) is 6.26 Å². The highest BCUT2D eigenvalue weighted by molar-refractivity contribution is 5.09. The third kappa shape index (κ3) is 2.64. The SMILES string of the molecule is CC(Cc1ccco1)n1cncc1C(N)C1CCOC1. The van der Waals surface area contributed by atoms with Gasteiger partial charge in [0, 0.05) is 31.2 Å². The number of rotatable bonds is 5. The first-order valence-electron chi connectivity index (χ1n) is 7.13. The molecule has 0 aromatic carbocycles. The molecule has 20 heavy (non-hydrogen) atoms. The number of nitrogens with zero attached hydrogens (tertiary/aromatic N) is 2. The van der Waals surface area contributed by atoms with Crippen LogP contribution in [0.2, 0.25) is 0 Å². The van der Waals surface area contributed by atoms with Crippen LogP contribution in [0.3, 0.4) is 0 Å². The maximum Gasteiger partial charge on any atom is 0.105 e. The summed E-state index contributed by atoms with van der Waals surface area (Å²) in [4.78, 5) is 4.28. The van der Waals surface area contributed by atoms with Gasteiger partial charge in [-0.2, -0.15) is 0 Å². The van der Waals surface area contributed by atoms with Crippen LogP contribution in [0.1, 0.15) is 36.9 Å². The Kier molecular flexibility index (Phi) is 3.89. The van der Waals surface area contributed by atoms with Crippen molar-refractivity contribution in [3.05, 3.63) is 42.4 Å². The minimum Gasteiger partial charge on any atom is -0.469 e. The number of imidazole rings is 1. The van der Waals surface area contributed by atoms with Gasteiger partial charge < -0.3 is 19.5 Å². The van der Waals surface area contributed by atoms with E-state index in [-0.39, 0.29) is 12.1 Å². The largest absolute Gasteiger partial charge is 0.469 e. The van der Waals surface area contributed by atoms with Crippen LogP contribution in [0.25, 0.3) is 0 Å². The molecule has 0 bridgehead atoms. The van der Waals surface area contributed by atoms with E-state index >= 15 is 0 Å². The molecule has 3 rings (SSSR count). The van der Waals surface area contributed by atoms with Crippen molar-refractivity contribution in [1.82, 2.24) is 9.55 Å². The van der Waals surface area contributed by atoms with E-state index in [0.717, 1.165) is 37.5 Å². The predicted molar refractivity (Wildman–Crippen MR) is 75.2 cm³/mol. The molecule has 1 aliphatic rings. The molecule has 1 fully saturated rings. The monoisotopic (exact) mass is 275 g/mol. The minimum absolute atomic E-state index is 0.0148. The topological polar surface area (TPSA) is 66.2 Å².